The molecule has 0 aliphatic carbocycles. The number of hydrogen-bond acceptors (Lipinski definition) is 2. The maximum absolute atomic E-state index is 13.3. The first-order valence-electron chi connectivity index (χ1n) is 4.90. The van der Waals surface area contributed by atoms with Crippen LogP contribution in [0.1, 0.15) is 16.8 Å². The average molecular weight is 209 g/mol. The monoisotopic (exact) mass is 209 g/mol. The van der Waals surface area contributed by atoms with Crippen molar-refractivity contribution in [2.75, 3.05) is 13.1 Å². The molecule has 1 fully saturated rings. The summed E-state index contributed by atoms with van der Waals surface area (Å²) in [5, 5.41) is 9.28. The summed E-state index contributed by atoms with van der Waals surface area (Å²) in [6, 6.07) is 5.90. The van der Waals surface area contributed by atoms with Crippen LogP contribution >= 0.6 is 0 Å². The van der Waals surface area contributed by atoms with Crippen molar-refractivity contribution in [2.24, 2.45) is 0 Å². The lowest BCUT2D eigenvalue weighted by atomic mass is 10.2. The number of aliphatic hydroxyl groups excluding tert-OH is 1. The van der Waals surface area contributed by atoms with Crippen LogP contribution in [-0.4, -0.2) is 35.1 Å². The first-order chi connectivity index (χ1) is 7.18. The number of hydrogen-bond donors (Lipinski definition) is 1. The van der Waals surface area contributed by atoms with Gasteiger partial charge in [-0.1, -0.05) is 12.1 Å². The van der Waals surface area contributed by atoms with Gasteiger partial charge in [-0.25, -0.2) is 4.39 Å². The van der Waals surface area contributed by atoms with Gasteiger partial charge in [-0.15, -0.1) is 0 Å². The molecule has 1 aromatic carbocycles. The fourth-order valence-corrected chi connectivity index (χ4v) is 1.73. The van der Waals surface area contributed by atoms with E-state index in [9.17, 15) is 14.3 Å². The highest BCUT2D eigenvalue weighted by atomic mass is 19.1. The molecule has 1 N–H and O–H groups in total. The molecule has 15 heavy (non-hydrogen) atoms. The molecule has 2 rings (SSSR count). The van der Waals surface area contributed by atoms with E-state index < -0.39 is 11.9 Å². The highest BCUT2D eigenvalue weighted by molar-refractivity contribution is 5.94. The molecule has 1 aliphatic rings. The molecule has 4 heteroatoms. The average Bonchev–Trinajstić information content (AvgIpc) is 2.65. The molecular formula is C11H12FNO2. The smallest absolute Gasteiger partial charge is 0.256 e. The molecule has 1 aromatic rings. The molecular weight excluding hydrogens is 197 g/mol. The van der Waals surface area contributed by atoms with Crippen LogP contribution in [0.25, 0.3) is 0 Å². The molecule has 1 unspecified atom stereocenters. The predicted octanol–water partition coefficient (Wildman–Crippen LogP) is 1.03. The van der Waals surface area contributed by atoms with Crippen LogP contribution in [0.4, 0.5) is 4.39 Å². The molecule has 0 saturated carbocycles. The second-order valence-corrected chi connectivity index (χ2v) is 3.67. The zero-order valence-electron chi connectivity index (χ0n) is 8.19. The Bertz CT molecular complexity index is 381. The van der Waals surface area contributed by atoms with Crippen molar-refractivity contribution < 1.29 is 14.3 Å². The van der Waals surface area contributed by atoms with Crippen LogP contribution in [0.5, 0.6) is 0 Å². The summed E-state index contributed by atoms with van der Waals surface area (Å²) < 4.78 is 13.3. The Kier molecular flexibility index (Phi) is 2.68. The first-order valence-corrected chi connectivity index (χ1v) is 4.90. The van der Waals surface area contributed by atoms with Crippen molar-refractivity contribution in [3.8, 4) is 0 Å². The van der Waals surface area contributed by atoms with Gasteiger partial charge in [-0.05, 0) is 18.6 Å². The molecule has 80 valence electrons. The number of aliphatic hydroxyl groups is 1. The van der Waals surface area contributed by atoms with Crippen molar-refractivity contribution in [3.05, 3.63) is 35.6 Å². The van der Waals surface area contributed by atoms with E-state index in [1.165, 1.54) is 17.0 Å². The van der Waals surface area contributed by atoms with E-state index in [0.29, 0.717) is 19.5 Å². The highest BCUT2D eigenvalue weighted by Crippen LogP contribution is 2.15. The SMILES string of the molecule is O=C(c1ccccc1F)N1CCC(O)C1. The third kappa shape index (κ3) is 1.99. The summed E-state index contributed by atoms with van der Waals surface area (Å²) in [6.45, 7) is 0.793. The Morgan fingerprint density at radius 2 is 2.20 bits per heavy atom. The number of rotatable bonds is 1. The number of nitrogens with zero attached hydrogens (tertiary/aromatic N) is 1. The summed E-state index contributed by atoms with van der Waals surface area (Å²) in [4.78, 5) is 13.3. The lowest BCUT2D eigenvalue weighted by molar-refractivity contribution is 0.0760. The minimum atomic E-state index is -0.510. The van der Waals surface area contributed by atoms with Crippen molar-refractivity contribution in [1.29, 1.82) is 0 Å². The molecule has 0 bridgehead atoms. The lowest BCUT2D eigenvalue weighted by Crippen LogP contribution is -2.30. The second-order valence-electron chi connectivity index (χ2n) is 3.67. The van der Waals surface area contributed by atoms with Gasteiger partial charge in [0.15, 0.2) is 0 Å². The summed E-state index contributed by atoms with van der Waals surface area (Å²) in [7, 11) is 0. The van der Waals surface area contributed by atoms with Crippen LogP contribution in [0.15, 0.2) is 24.3 Å². The molecule has 0 aromatic heterocycles. The standard InChI is InChI=1S/C11H12FNO2/c12-10-4-2-1-3-9(10)11(15)13-6-5-8(14)7-13/h1-4,8,14H,5-7H2. The van der Waals surface area contributed by atoms with Crippen molar-refractivity contribution >= 4 is 5.91 Å². The van der Waals surface area contributed by atoms with Crippen LogP contribution in [0.3, 0.4) is 0 Å². The van der Waals surface area contributed by atoms with Crippen LogP contribution in [0, 0.1) is 5.82 Å². The quantitative estimate of drug-likeness (QED) is 0.750. The molecule has 1 saturated heterocycles. The van der Waals surface area contributed by atoms with Gasteiger partial charge in [-0.2, -0.15) is 0 Å². The number of amides is 1. The Morgan fingerprint density at radius 1 is 1.47 bits per heavy atom. The maximum atomic E-state index is 13.3. The zero-order valence-corrected chi connectivity index (χ0v) is 8.19. The van der Waals surface area contributed by atoms with Crippen LogP contribution in [-0.2, 0) is 0 Å². The molecule has 0 radical (unpaired) electrons. The molecule has 1 atom stereocenters. The molecule has 0 spiro atoms. The highest BCUT2D eigenvalue weighted by Gasteiger charge is 2.26. The zero-order chi connectivity index (χ0) is 10.8. The normalized spacial score (nSPS) is 20.7. The van der Waals surface area contributed by atoms with Gasteiger partial charge < -0.3 is 10.0 Å². The number of β-amino-alcohol motifs (C(OH)–C–C–N with tert-alkyl or cyclic N) is 1. The Balaban J connectivity index is 2.18. The van der Waals surface area contributed by atoms with Crippen LogP contribution < -0.4 is 0 Å². The molecule has 1 aliphatic heterocycles. The lowest BCUT2D eigenvalue weighted by Gasteiger charge is -2.15. The number of benzene rings is 1. The first kappa shape index (κ1) is 10.1. The van der Waals surface area contributed by atoms with E-state index in [1.54, 1.807) is 12.1 Å². The largest absolute Gasteiger partial charge is 0.391 e. The van der Waals surface area contributed by atoms with Crippen molar-refractivity contribution in [2.45, 2.75) is 12.5 Å². The molecule has 1 heterocycles. The number of carbonyl (C=O) groups excluding carboxylic acids is 1. The molecule has 1 amide bonds. The maximum Gasteiger partial charge on any atom is 0.256 e. The number of likely N-dealkylation sites (tertiary alicyclic amines) is 1. The second kappa shape index (κ2) is 3.98. The van der Waals surface area contributed by atoms with Gasteiger partial charge in [0.05, 0.1) is 11.7 Å². The van der Waals surface area contributed by atoms with E-state index in [0.717, 1.165) is 0 Å². The van der Waals surface area contributed by atoms with Gasteiger partial charge in [0.2, 0.25) is 0 Å². The molecule has 3 nitrogen and oxygen atoms in total. The van der Waals surface area contributed by atoms with E-state index in [2.05, 4.69) is 0 Å². The summed E-state index contributed by atoms with van der Waals surface area (Å²) in [5.74, 6) is -0.853. The van der Waals surface area contributed by atoms with E-state index in [-0.39, 0.29) is 11.5 Å². The van der Waals surface area contributed by atoms with E-state index in [4.69, 9.17) is 0 Å². The fourth-order valence-electron chi connectivity index (χ4n) is 1.73. The predicted molar refractivity (Wildman–Crippen MR) is 52.9 cm³/mol. The summed E-state index contributed by atoms with van der Waals surface area (Å²) >= 11 is 0. The minimum Gasteiger partial charge on any atom is -0.391 e. The number of carbonyl (C=O) groups is 1. The van der Waals surface area contributed by atoms with Crippen molar-refractivity contribution in [3.63, 3.8) is 0 Å². The van der Waals surface area contributed by atoms with Gasteiger partial charge in [-0.3, -0.25) is 4.79 Å². The van der Waals surface area contributed by atoms with Crippen molar-refractivity contribution in [1.82, 2.24) is 4.90 Å². The topological polar surface area (TPSA) is 40.5 Å². The van der Waals surface area contributed by atoms with Gasteiger partial charge in [0.1, 0.15) is 5.82 Å². The van der Waals surface area contributed by atoms with Gasteiger partial charge >= 0.3 is 0 Å². The van der Waals surface area contributed by atoms with Crippen LogP contribution in [0.2, 0.25) is 0 Å². The van der Waals surface area contributed by atoms with Gasteiger partial charge in [0.25, 0.3) is 5.91 Å². The summed E-state index contributed by atoms with van der Waals surface area (Å²) in [6.07, 6.45) is 0.0981. The third-order valence-electron chi connectivity index (χ3n) is 2.55. The Labute approximate surface area is 87.1 Å². The minimum absolute atomic E-state index is 0.0756. The fraction of sp³-hybridized carbons (Fsp3) is 0.364. The third-order valence-corrected chi connectivity index (χ3v) is 2.55. The van der Waals surface area contributed by atoms with E-state index >= 15 is 0 Å². The van der Waals surface area contributed by atoms with Gasteiger partial charge in [0, 0.05) is 13.1 Å². The van der Waals surface area contributed by atoms with E-state index in [1.807, 2.05) is 0 Å². The Morgan fingerprint density at radius 3 is 2.80 bits per heavy atom. The number of halogens is 1. The Hall–Kier alpha value is -1.42. The summed E-state index contributed by atoms with van der Waals surface area (Å²) in [5.41, 5.74) is 0.0756.